The molecule has 2 aromatic heterocycles. The lowest BCUT2D eigenvalue weighted by Gasteiger charge is -1.83. The molecule has 2 N–H and O–H groups in total. The van der Waals surface area contributed by atoms with E-state index in [9.17, 15) is 4.79 Å². The van der Waals surface area contributed by atoms with E-state index in [4.69, 9.17) is 9.63 Å². The summed E-state index contributed by atoms with van der Waals surface area (Å²) in [7, 11) is 0. The summed E-state index contributed by atoms with van der Waals surface area (Å²) in [5, 5.41) is 18.4. The Bertz CT molecular complexity index is 433. The van der Waals surface area contributed by atoms with Crippen LogP contribution in [0.25, 0.3) is 11.5 Å². The minimum Gasteiger partial charge on any atom is -0.481 e. The van der Waals surface area contributed by atoms with Crippen molar-refractivity contribution in [1.29, 1.82) is 0 Å². The van der Waals surface area contributed by atoms with Crippen molar-refractivity contribution < 1.29 is 14.4 Å². The maximum absolute atomic E-state index is 10.3. The smallest absolute Gasteiger partial charge is 0.312 e. The fourth-order valence-corrected chi connectivity index (χ4v) is 0.946. The number of aromatic nitrogens is 4. The maximum Gasteiger partial charge on any atom is 0.312 e. The predicted octanol–water partition coefficient (Wildman–Crippen LogP) is 0.0868. The van der Waals surface area contributed by atoms with Crippen LogP contribution >= 0.6 is 0 Å². The van der Waals surface area contributed by atoms with Crippen LogP contribution in [-0.4, -0.2) is 31.4 Å². The van der Waals surface area contributed by atoms with Crippen LogP contribution < -0.4 is 0 Å². The van der Waals surface area contributed by atoms with Crippen molar-refractivity contribution in [1.82, 2.24) is 20.3 Å². The maximum atomic E-state index is 10.3. The molecule has 2 aromatic rings. The first-order valence-corrected chi connectivity index (χ1v) is 3.80. The summed E-state index contributed by atoms with van der Waals surface area (Å²) in [6.07, 6.45) is 1.27. The van der Waals surface area contributed by atoms with Crippen LogP contribution in [0.3, 0.4) is 0 Å². The Morgan fingerprint density at radius 1 is 1.64 bits per heavy atom. The van der Waals surface area contributed by atoms with Crippen molar-refractivity contribution in [2.45, 2.75) is 6.42 Å². The van der Waals surface area contributed by atoms with Gasteiger partial charge in [0.05, 0.1) is 0 Å². The van der Waals surface area contributed by atoms with E-state index >= 15 is 0 Å². The summed E-state index contributed by atoms with van der Waals surface area (Å²) in [5.41, 5.74) is 0.588. The number of aliphatic carboxylic acids is 1. The van der Waals surface area contributed by atoms with Gasteiger partial charge >= 0.3 is 5.97 Å². The average molecular weight is 194 g/mol. The Labute approximate surface area is 77.8 Å². The highest BCUT2D eigenvalue weighted by molar-refractivity contribution is 5.68. The Hall–Kier alpha value is -2.18. The molecule has 0 aliphatic carbocycles. The van der Waals surface area contributed by atoms with E-state index in [1.54, 1.807) is 12.3 Å². The Kier molecular flexibility index (Phi) is 1.98. The number of H-pyrrole nitrogens is 1. The molecule has 0 aliphatic rings. The van der Waals surface area contributed by atoms with E-state index in [2.05, 4.69) is 20.3 Å². The molecule has 0 saturated carbocycles. The first-order valence-electron chi connectivity index (χ1n) is 3.80. The number of hydrogen-bond donors (Lipinski definition) is 2. The monoisotopic (exact) mass is 194 g/mol. The third-order valence-electron chi connectivity index (χ3n) is 1.51. The van der Waals surface area contributed by atoms with Gasteiger partial charge in [0.2, 0.25) is 11.7 Å². The second-order valence-corrected chi connectivity index (χ2v) is 2.55. The second-order valence-electron chi connectivity index (χ2n) is 2.55. The Balaban J connectivity index is 2.22. The van der Waals surface area contributed by atoms with E-state index in [-0.39, 0.29) is 12.3 Å². The van der Waals surface area contributed by atoms with Crippen molar-refractivity contribution in [3.63, 3.8) is 0 Å². The molecule has 2 rings (SSSR count). The molecule has 0 amide bonds. The number of aromatic amines is 1. The van der Waals surface area contributed by atoms with E-state index < -0.39 is 5.97 Å². The van der Waals surface area contributed by atoms with Gasteiger partial charge in [-0.05, 0) is 6.07 Å². The minimum atomic E-state index is -1.01. The zero-order chi connectivity index (χ0) is 9.97. The summed E-state index contributed by atoms with van der Waals surface area (Å²) in [4.78, 5) is 14.2. The molecule has 0 fully saturated rings. The molecule has 14 heavy (non-hydrogen) atoms. The van der Waals surface area contributed by atoms with E-state index in [1.807, 2.05) is 0 Å². The van der Waals surface area contributed by atoms with Crippen molar-refractivity contribution in [2.75, 3.05) is 0 Å². The lowest BCUT2D eigenvalue weighted by Crippen LogP contribution is -1.99. The van der Waals surface area contributed by atoms with Gasteiger partial charge in [-0.1, -0.05) is 5.16 Å². The zero-order valence-electron chi connectivity index (χ0n) is 6.97. The SMILES string of the molecule is O=C(O)Cc1nc(-c2ccn[nH]2)no1. The van der Waals surface area contributed by atoms with Gasteiger partial charge < -0.3 is 9.63 Å². The van der Waals surface area contributed by atoms with Crippen LogP contribution in [0, 0.1) is 0 Å². The van der Waals surface area contributed by atoms with Crippen molar-refractivity contribution in [2.24, 2.45) is 0 Å². The molecule has 0 aromatic carbocycles. The quantitative estimate of drug-likeness (QED) is 0.717. The van der Waals surface area contributed by atoms with Gasteiger partial charge in [0, 0.05) is 6.20 Å². The topological polar surface area (TPSA) is 105 Å². The van der Waals surface area contributed by atoms with Gasteiger partial charge in [-0.3, -0.25) is 9.89 Å². The summed E-state index contributed by atoms with van der Waals surface area (Å²) < 4.78 is 4.71. The molecule has 7 nitrogen and oxygen atoms in total. The fraction of sp³-hybridized carbons (Fsp3) is 0.143. The van der Waals surface area contributed by atoms with Crippen LogP contribution in [-0.2, 0) is 11.2 Å². The predicted molar refractivity (Wildman–Crippen MR) is 43.2 cm³/mol. The van der Waals surface area contributed by atoms with Gasteiger partial charge in [-0.25, -0.2) is 0 Å². The highest BCUT2D eigenvalue weighted by Crippen LogP contribution is 2.11. The lowest BCUT2D eigenvalue weighted by atomic mass is 10.4. The normalized spacial score (nSPS) is 10.3. The fourth-order valence-electron chi connectivity index (χ4n) is 0.946. The number of nitrogens with one attached hydrogen (secondary N) is 1. The largest absolute Gasteiger partial charge is 0.481 e. The summed E-state index contributed by atoms with van der Waals surface area (Å²) in [5.74, 6) is -0.634. The van der Waals surface area contributed by atoms with E-state index in [1.165, 1.54) is 0 Å². The molecule has 7 heteroatoms. The molecule has 2 heterocycles. The molecule has 0 atom stereocenters. The molecular formula is C7H6N4O3. The van der Waals surface area contributed by atoms with Gasteiger partial charge in [0.15, 0.2) is 0 Å². The van der Waals surface area contributed by atoms with Gasteiger partial charge in [-0.2, -0.15) is 10.1 Å². The minimum absolute atomic E-state index is 0.0714. The number of carboxylic acids is 1. The highest BCUT2D eigenvalue weighted by atomic mass is 16.5. The van der Waals surface area contributed by atoms with Gasteiger partial charge in [-0.15, -0.1) is 0 Å². The van der Waals surface area contributed by atoms with Crippen LogP contribution in [0.4, 0.5) is 0 Å². The molecule has 0 saturated heterocycles. The molecule has 72 valence electrons. The van der Waals surface area contributed by atoms with Gasteiger partial charge in [0.25, 0.3) is 0 Å². The molecule has 0 bridgehead atoms. The Morgan fingerprint density at radius 2 is 2.50 bits per heavy atom. The molecular weight excluding hydrogens is 188 g/mol. The Morgan fingerprint density at radius 3 is 3.14 bits per heavy atom. The van der Waals surface area contributed by atoms with Crippen molar-refractivity contribution in [3.8, 4) is 11.5 Å². The average Bonchev–Trinajstić information content (AvgIpc) is 2.69. The second kappa shape index (κ2) is 3.29. The van der Waals surface area contributed by atoms with E-state index in [0.29, 0.717) is 11.5 Å². The summed E-state index contributed by atoms with van der Waals surface area (Å²) in [6, 6.07) is 1.66. The van der Waals surface area contributed by atoms with Crippen LogP contribution in [0.2, 0.25) is 0 Å². The van der Waals surface area contributed by atoms with E-state index in [0.717, 1.165) is 0 Å². The summed E-state index contributed by atoms with van der Waals surface area (Å²) >= 11 is 0. The first kappa shape index (κ1) is 8.42. The standard InChI is InChI=1S/C7H6N4O3/c12-6(13)3-5-9-7(11-14-5)4-1-2-8-10-4/h1-2H,3H2,(H,8,10)(H,12,13). The highest BCUT2D eigenvalue weighted by Gasteiger charge is 2.11. The number of carbonyl (C=O) groups is 1. The molecule has 0 spiro atoms. The number of rotatable bonds is 3. The third kappa shape index (κ3) is 1.60. The number of carboxylic acid groups (broad SMARTS) is 1. The lowest BCUT2D eigenvalue weighted by molar-refractivity contribution is -0.136. The number of hydrogen-bond acceptors (Lipinski definition) is 5. The summed E-state index contributed by atoms with van der Waals surface area (Å²) in [6.45, 7) is 0. The van der Waals surface area contributed by atoms with Crippen LogP contribution in [0.15, 0.2) is 16.8 Å². The zero-order valence-corrected chi connectivity index (χ0v) is 6.97. The third-order valence-corrected chi connectivity index (χ3v) is 1.51. The number of nitrogens with zero attached hydrogens (tertiary/aromatic N) is 3. The molecule has 0 unspecified atom stereocenters. The van der Waals surface area contributed by atoms with Crippen molar-refractivity contribution in [3.05, 3.63) is 18.2 Å². The van der Waals surface area contributed by atoms with Gasteiger partial charge in [0.1, 0.15) is 12.1 Å². The van der Waals surface area contributed by atoms with Crippen LogP contribution in [0.5, 0.6) is 0 Å². The molecule has 0 radical (unpaired) electrons. The van der Waals surface area contributed by atoms with Crippen molar-refractivity contribution >= 4 is 5.97 Å². The van der Waals surface area contributed by atoms with Crippen LogP contribution in [0.1, 0.15) is 5.89 Å². The molecule has 0 aliphatic heterocycles. The first-order chi connectivity index (χ1) is 6.75.